The van der Waals surface area contributed by atoms with Gasteiger partial charge in [0.25, 0.3) is 0 Å². The Bertz CT molecular complexity index is 497. The van der Waals surface area contributed by atoms with Gasteiger partial charge in [0, 0.05) is 6.20 Å². The van der Waals surface area contributed by atoms with Gasteiger partial charge in [-0.05, 0) is 65.5 Å². The van der Waals surface area contributed by atoms with Crippen molar-refractivity contribution in [2.24, 2.45) is 0 Å². The number of fused-ring (bicyclic) bond motifs is 1. The molecule has 0 radical (unpaired) electrons. The van der Waals surface area contributed by atoms with Crippen molar-refractivity contribution in [1.29, 1.82) is 0 Å². The van der Waals surface area contributed by atoms with Crippen molar-refractivity contribution in [3.05, 3.63) is 33.3 Å². The molecule has 1 aliphatic carbocycles. The van der Waals surface area contributed by atoms with E-state index in [1.807, 2.05) is 6.20 Å². The first kappa shape index (κ1) is 8.71. The van der Waals surface area contributed by atoms with Gasteiger partial charge in [-0.15, -0.1) is 0 Å². The SMILES string of the molecule is Cc1cc2ncc(I)n2cc1C1CC1. The second-order valence-corrected chi connectivity index (χ2v) is 5.10. The zero-order chi connectivity index (χ0) is 9.71. The Kier molecular flexibility index (Phi) is 1.84. The number of aromatic nitrogens is 2. The van der Waals surface area contributed by atoms with Gasteiger partial charge in [-0.25, -0.2) is 4.98 Å². The van der Waals surface area contributed by atoms with E-state index in [0.29, 0.717) is 0 Å². The van der Waals surface area contributed by atoms with E-state index in [-0.39, 0.29) is 0 Å². The smallest absolute Gasteiger partial charge is 0.137 e. The van der Waals surface area contributed by atoms with Gasteiger partial charge in [0.15, 0.2) is 0 Å². The molecule has 2 heterocycles. The zero-order valence-corrected chi connectivity index (χ0v) is 10.2. The Hall–Kier alpha value is -0.580. The zero-order valence-electron chi connectivity index (χ0n) is 8.00. The molecule has 0 atom stereocenters. The van der Waals surface area contributed by atoms with E-state index in [0.717, 1.165) is 11.6 Å². The van der Waals surface area contributed by atoms with E-state index in [9.17, 15) is 0 Å². The number of rotatable bonds is 1. The predicted octanol–water partition coefficient (Wildman–Crippen LogP) is 3.12. The summed E-state index contributed by atoms with van der Waals surface area (Å²) >= 11 is 2.33. The van der Waals surface area contributed by atoms with Crippen LogP contribution < -0.4 is 0 Å². The minimum absolute atomic E-state index is 0.817. The molecule has 0 spiro atoms. The standard InChI is InChI=1S/C11H11IN2/c1-7-4-11-13-5-10(12)14(11)6-9(7)8-2-3-8/h4-6,8H,2-3H2,1H3. The molecule has 72 valence electrons. The van der Waals surface area contributed by atoms with Crippen molar-refractivity contribution in [3.63, 3.8) is 0 Å². The second kappa shape index (κ2) is 2.95. The molecule has 0 aromatic carbocycles. The van der Waals surface area contributed by atoms with E-state index in [1.54, 1.807) is 0 Å². The molecule has 0 amide bonds. The van der Waals surface area contributed by atoms with E-state index in [1.165, 1.54) is 27.7 Å². The van der Waals surface area contributed by atoms with Gasteiger partial charge < -0.3 is 0 Å². The van der Waals surface area contributed by atoms with Gasteiger partial charge >= 0.3 is 0 Å². The quantitative estimate of drug-likeness (QED) is 0.739. The van der Waals surface area contributed by atoms with Crippen molar-refractivity contribution in [3.8, 4) is 0 Å². The number of pyridine rings is 1. The van der Waals surface area contributed by atoms with Crippen LogP contribution in [0.2, 0.25) is 0 Å². The average Bonchev–Trinajstić information content (AvgIpc) is 2.93. The Morgan fingerprint density at radius 2 is 2.29 bits per heavy atom. The normalized spacial score (nSPS) is 16.4. The van der Waals surface area contributed by atoms with Crippen LogP contribution in [0.1, 0.15) is 29.9 Å². The summed E-state index contributed by atoms with van der Waals surface area (Å²) in [6, 6.07) is 2.19. The number of aryl methyl sites for hydroxylation is 1. The lowest BCUT2D eigenvalue weighted by molar-refractivity contribution is 1.02. The van der Waals surface area contributed by atoms with Crippen LogP contribution in [-0.4, -0.2) is 9.38 Å². The molecule has 2 aromatic rings. The number of imidazole rings is 1. The highest BCUT2D eigenvalue weighted by Crippen LogP contribution is 2.41. The van der Waals surface area contributed by atoms with Gasteiger partial charge in [-0.1, -0.05) is 0 Å². The Morgan fingerprint density at radius 3 is 3.00 bits per heavy atom. The monoisotopic (exact) mass is 298 g/mol. The van der Waals surface area contributed by atoms with Crippen molar-refractivity contribution in [2.45, 2.75) is 25.7 Å². The maximum atomic E-state index is 4.36. The number of hydrogen-bond acceptors (Lipinski definition) is 1. The topological polar surface area (TPSA) is 17.3 Å². The molecule has 1 aliphatic rings. The first-order valence-electron chi connectivity index (χ1n) is 4.89. The maximum absolute atomic E-state index is 4.36. The molecule has 14 heavy (non-hydrogen) atoms. The summed E-state index contributed by atoms with van der Waals surface area (Å²) in [6.45, 7) is 2.19. The van der Waals surface area contributed by atoms with Crippen LogP contribution in [0.5, 0.6) is 0 Å². The third kappa shape index (κ3) is 1.26. The van der Waals surface area contributed by atoms with Crippen molar-refractivity contribution in [2.75, 3.05) is 0 Å². The molecule has 2 nitrogen and oxygen atoms in total. The number of halogens is 1. The van der Waals surface area contributed by atoms with Gasteiger partial charge in [-0.3, -0.25) is 4.40 Å². The van der Waals surface area contributed by atoms with Crippen molar-refractivity contribution >= 4 is 28.2 Å². The Balaban J connectivity index is 2.29. The lowest BCUT2D eigenvalue weighted by Crippen LogP contribution is -1.94. The third-order valence-corrected chi connectivity index (χ3v) is 3.66. The summed E-state index contributed by atoms with van der Waals surface area (Å²) < 4.78 is 3.38. The molecule has 3 heteroatoms. The third-order valence-electron chi connectivity index (χ3n) is 2.87. The molecule has 0 saturated heterocycles. The van der Waals surface area contributed by atoms with Crippen LogP contribution in [0.15, 0.2) is 18.5 Å². The van der Waals surface area contributed by atoms with Gasteiger partial charge in [0.2, 0.25) is 0 Å². The molecule has 1 fully saturated rings. The summed E-state index contributed by atoms with van der Waals surface area (Å²) in [5, 5.41) is 0. The highest BCUT2D eigenvalue weighted by atomic mass is 127. The lowest BCUT2D eigenvalue weighted by atomic mass is 10.1. The summed E-state index contributed by atoms with van der Waals surface area (Å²) in [5.41, 5.74) is 3.96. The lowest BCUT2D eigenvalue weighted by Gasteiger charge is -2.05. The first-order chi connectivity index (χ1) is 6.75. The highest BCUT2D eigenvalue weighted by molar-refractivity contribution is 14.1. The first-order valence-corrected chi connectivity index (χ1v) is 5.96. The molecule has 2 aromatic heterocycles. The number of hydrogen-bond donors (Lipinski definition) is 0. The largest absolute Gasteiger partial charge is 0.295 e. The maximum Gasteiger partial charge on any atom is 0.137 e. The Labute approximate surface area is 96.5 Å². The van der Waals surface area contributed by atoms with Crippen LogP contribution in [0, 0.1) is 10.6 Å². The van der Waals surface area contributed by atoms with Gasteiger partial charge in [0.05, 0.1) is 6.20 Å². The highest BCUT2D eigenvalue weighted by Gasteiger charge is 2.25. The minimum Gasteiger partial charge on any atom is -0.295 e. The fraction of sp³-hybridized carbons (Fsp3) is 0.364. The fourth-order valence-corrected chi connectivity index (χ4v) is 2.45. The molecular weight excluding hydrogens is 287 g/mol. The molecule has 0 N–H and O–H groups in total. The van der Waals surface area contributed by atoms with Crippen molar-refractivity contribution < 1.29 is 0 Å². The number of nitrogens with zero attached hydrogens (tertiary/aromatic N) is 2. The van der Waals surface area contributed by atoms with E-state index < -0.39 is 0 Å². The van der Waals surface area contributed by atoms with Crippen LogP contribution in [0.4, 0.5) is 0 Å². The molecule has 3 rings (SSSR count). The molecule has 0 bridgehead atoms. The molecule has 0 unspecified atom stereocenters. The molecule has 0 aliphatic heterocycles. The van der Waals surface area contributed by atoms with E-state index in [4.69, 9.17) is 0 Å². The van der Waals surface area contributed by atoms with Crippen LogP contribution in [0.3, 0.4) is 0 Å². The van der Waals surface area contributed by atoms with Gasteiger partial charge in [0.1, 0.15) is 9.35 Å². The van der Waals surface area contributed by atoms with Crippen molar-refractivity contribution in [1.82, 2.24) is 9.38 Å². The van der Waals surface area contributed by atoms with E-state index >= 15 is 0 Å². The van der Waals surface area contributed by atoms with Crippen LogP contribution >= 0.6 is 22.6 Å². The van der Waals surface area contributed by atoms with Crippen LogP contribution in [0.25, 0.3) is 5.65 Å². The second-order valence-electron chi connectivity index (χ2n) is 4.00. The van der Waals surface area contributed by atoms with Crippen LogP contribution in [-0.2, 0) is 0 Å². The fourth-order valence-electron chi connectivity index (χ4n) is 1.93. The molecular formula is C11H11IN2. The molecule has 1 saturated carbocycles. The summed E-state index contributed by atoms with van der Waals surface area (Å²) in [4.78, 5) is 4.36. The Morgan fingerprint density at radius 1 is 1.50 bits per heavy atom. The summed E-state index contributed by atoms with van der Waals surface area (Å²) in [7, 11) is 0. The minimum atomic E-state index is 0.817. The summed E-state index contributed by atoms with van der Waals surface area (Å²) in [6.07, 6.45) is 6.90. The predicted molar refractivity (Wildman–Crippen MR) is 64.6 cm³/mol. The van der Waals surface area contributed by atoms with Gasteiger partial charge in [-0.2, -0.15) is 0 Å². The van der Waals surface area contributed by atoms with E-state index in [2.05, 4.69) is 51.2 Å². The average molecular weight is 298 g/mol. The summed E-state index contributed by atoms with van der Waals surface area (Å²) in [5.74, 6) is 0.817.